The second-order valence-corrected chi connectivity index (χ2v) is 6.10. The van der Waals surface area contributed by atoms with Gasteiger partial charge in [0, 0.05) is 12.2 Å². The molecule has 3 rings (SSSR count). The molecule has 0 fully saturated rings. The monoisotopic (exact) mass is 368 g/mol. The SMILES string of the molecule is CCCN1C(=O)C(Nc2ccc(OCC)cc2)=C(c2ccc(F)cc2)C1=O. The van der Waals surface area contributed by atoms with E-state index in [-0.39, 0.29) is 23.1 Å². The highest BCUT2D eigenvalue weighted by atomic mass is 19.1. The van der Waals surface area contributed by atoms with Gasteiger partial charge in [-0.1, -0.05) is 19.1 Å². The molecule has 6 heteroatoms. The lowest BCUT2D eigenvalue weighted by atomic mass is 10.0. The molecule has 5 nitrogen and oxygen atoms in total. The molecule has 0 bridgehead atoms. The number of nitrogens with zero attached hydrogens (tertiary/aromatic N) is 1. The number of imide groups is 1. The van der Waals surface area contributed by atoms with Crippen LogP contribution in [-0.2, 0) is 9.59 Å². The maximum atomic E-state index is 13.3. The predicted molar refractivity (Wildman–Crippen MR) is 102 cm³/mol. The molecule has 1 aliphatic rings. The van der Waals surface area contributed by atoms with Gasteiger partial charge in [-0.05, 0) is 55.3 Å². The number of benzene rings is 2. The molecule has 0 saturated heterocycles. The third-order valence-corrected chi connectivity index (χ3v) is 4.18. The van der Waals surface area contributed by atoms with Crippen LogP contribution in [0.4, 0.5) is 10.1 Å². The summed E-state index contributed by atoms with van der Waals surface area (Å²) in [6.45, 7) is 4.69. The largest absolute Gasteiger partial charge is 0.494 e. The third kappa shape index (κ3) is 3.84. The Balaban J connectivity index is 1.98. The van der Waals surface area contributed by atoms with Crippen LogP contribution in [0.25, 0.3) is 5.57 Å². The quantitative estimate of drug-likeness (QED) is 0.755. The van der Waals surface area contributed by atoms with Gasteiger partial charge in [0.05, 0.1) is 12.2 Å². The Morgan fingerprint density at radius 1 is 0.963 bits per heavy atom. The number of anilines is 1. The second kappa shape index (κ2) is 8.03. The number of halogens is 1. The molecule has 0 unspecified atom stereocenters. The zero-order valence-electron chi connectivity index (χ0n) is 15.3. The van der Waals surface area contributed by atoms with E-state index in [0.29, 0.717) is 30.8 Å². The Morgan fingerprint density at radius 2 is 1.63 bits per heavy atom. The fourth-order valence-corrected chi connectivity index (χ4v) is 2.95. The van der Waals surface area contributed by atoms with Crippen molar-refractivity contribution < 1.29 is 18.7 Å². The average Bonchev–Trinajstić information content (AvgIpc) is 2.89. The molecule has 1 aliphatic heterocycles. The molecule has 27 heavy (non-hydrogen) atoms. The summed E-state index contributed by atoms with van der Waals surface area (Å²) in [6, 6.07) is 12.7. The molecule has 2 aromatic carbocycles. The number of ether oxygens (including phenoxy) is 1. The number of nitrogens with one attached hydrogen (secondary N) is 1. The summed E-state index contributed by atoms with van der Waals surface area (Å²) >= 11 is 0. The normalized spacial score (nSPS) is 14.1. The van der Waals surface area contributed by atoms with Gasteiger partial charge >= 0.3 is 0 Å². The summed E-state index contributed by atoms with van der Waals surface area (Å²) in [6.07, 6.45) is 0.657. The fourth-order valence-electron chi connectivity index (χ4n) is 2.95. The van der Waals surface area contributed by atoms with Crippen LogP contribution in [0.2, 0.25) is 0 Å². The van der Waals surface area contributed by atoms with Gasteiger partial charge in [0.1, 0.15) is 17.3 Å². The first-order valence-electron chi connectivity index (χ1n) is 8.91. The van der Waals surface area contributed by atoms with Crippen molar-refractivity contribution in [3.63, 3.8) is 0 Å². The standard InChI is InChI=1S/C21H21FN2O3/c1-3-13-24-20(25)18(14-5-7-15(22)8-6-14)19(21(24)26)23-16-9-11-17(12-10-16)27-4-2/h5-12,23H,3-4,13H2,1-2H3. The van der Waals surface area contributed by atoms with Crippen molar-refractivity contribution in [2.24, 2.45) is 0 Å². The Hall–Kier alpha value is -3.15. The van der Waals surface area contributed by atoms with E-state index in [2.05, 4.69) is 5.32 Å². The van der Waals surface area contributed by atoms with Crippen molar-refractivity contribution in [2.75, 3.05) is 18.5 Å². The van der Waals surface area contributed by atoms with Crippen LogP contribution in [0, 0.1) is 5.82 Å². The highest BCUT2D eigenvalue weighted by Crippen LogP contribution is 2.31. The highest BCUT2D eigenvalue weighted by Gasteiger charge is 2.38. The van der Waals surface area contributed by atoms with Gasteiger partial charge in [0.25, 0.3) is 11.8 Å². The number of carbonyl (C=O) groups excluding carboxylic acids is 2. The molecule has 2 aromatic rings. The molecule has 0 atom stereocenters. The van der Waals surface area contributed by atoms with Gasteiger partial charge in [0.15, 0.2) is 0 Å². The van der Waals surface area contributed by atoms with Gasteiger partial charge in [0.2, 0.25) is 0 Å². The maximum absolute atomic E-state index is 13.3. The lowest BCUT2D eigenvalue weighted by Crippen LogP contribution is -2.33. The molecule has 1 heterocycles. The van der Waals surface area contributed by atoms with E-state index < -0.39 is 5.82 Å². The Labute approximate surface area is 157 Å². The summed E-state index contributed by atoms with van der Waals surface area (Å²) in [5.74, 6) is -0.434. The zero-order chi connectivity index (χ0) is 19.4. The molecule has 0 saturated carbocycles. The van der Waals surface area contributed by atoms with E-state index in [1.54, 1.807) is 24.3 Å². The Bertz CT molecular complexity index is 873. The molecule has 0 spiro atoms. The zero-order valence-corrected chi connectivity index (χ0v) is 15.3. The van der Waals surface area contributed by atoms with Crippen molar-refractivity contribution in [1.29, 1.82) is 0 Å². The van der Waals surface area contributed by atoms with Crippen molar-refractivity contribution in [2.45, 2.75) is 20.3 Å². The minimum atomic E-state index is -0.400. The molecular formula is C21H21FN2O3. The second-order valence-electron chi connectivity index (χ2n) is 6.10. The van der Waals surface area contributed by atoms with E-state index in [0.717, 1.165) is 5.75 Å². The molecule has 1 N–H and O–H groups in total. The van der Waals surface area contributed by atoms with Crippen LogP contribution in [-0.4, -0.2) is 29.9 Å². The first-order valence-corrected chi connectivity index (χ1v) is 8.91. The van der Waals surface area contributed by atoms with Gasteiger partial charge in [-0.3, -0.25) is 14.5 Å². The van der Waals surface area contributed by atoms with Gasteiger partial charge in [-0.25, -0.2) is 4.39 Å². The minimum Gasteiger partial charge on any atom is -0.494 e. The van der Waals surface area contributed by atoms with Crippen LogP contribution >= 0.6 is 0 Å². The molecule has 0 aromatic heterocycles. The Morgan fingerprint density at radius 3 is 2.22 bits per heavy atom. The smallest absolute Gasteiger partial charge is 0.278 e. The van der Waals surface area contributed by atoms with Gasteiger partial charge < -0.3 is 10.1 Å². The number of hydrogen-bond acceptors (Lipinski definition) is 4. The van der Waals surface area contributed by atoms with Crippen molar-refractivity contribution in [3.8, 4) is 5.75 Å². The first-order chi connectivity index (χ1) is 13.0. The molecule has 140 valence electrons. The summed E-state index contributed by atoms with van der Waals surface area (Å²) in [5.41, 5.74) is 1.61. The molecule has 2 amide bonds. The molecule has 0 radical (unpaired) electrons. The fraction of sp³-hybridized carbons (Fsp3) is 0.238. The van der Waals surface area contributed by atoms with E-state index in [1.807, 2.05) is 13.8 Å². The van der Waals surface area contributed by atoms with Crippen molar-refractivity contribution in [3.05, 3.63) is 65.6 Å². The Kier molecular flexibility index (Phi) is 5.54. The summed E-state index contributed by atoms with van der Waals surface area (Å²) in [4.78, 5) is 26.9. The number of carbonyl (C=O) groups is 2. The van der Waals surface area contributed by atoms with E-state index in [1.165, 1.54) is 29.2 Å². The first kappa shape index (κ1) is 18.6. The van der Waals surface area contributed by atoms with Crippen molar-refractivity contribution >= 4 is 23.1 Å². The van der Waals surface area contributed by atoms with E-state index in [4.69, 9.17) is 4.74 Å². The van der Waals surface area contributed by atoms with Crippen LogP contribution in [0.15, 0.2) is 54.2 Å². The minimum absolute atomic E-state index is 0.198. The van der Waals surface area contributed by atoms with Gasteiger partial charge in [-0.15, -0.1) is 0 Å². The lowest BCUT2D eigenvalue weighted by molar-refractivity contribution is -0.136. The van der Waals surface area contributed by atoms with Crippen LogP contribution in [0.5, 0.6) is 5.75 Å². The maximum Gasteiger partial charge on any atom is 0.278 e. The van der Waals surface area contributed by atoms with Crippen LogP contribution in [0.1, 0.15) is 25.8 Å². The van der Waals surface area contributed by atoms with Crippen molar-refractivity contribution in [1.82, 2.24) is 4.90 Å². The average molecular weight is 368 g/mol. The molecular weight excluding hydrogens is 347 g/mol. The predicted octanol–water partition coefficient (Wildman–Crippen LogP) is 3.83. The van der Waals surface area contributed by atoms with E-state index >= 15 is 0 Å². The topological polar surface area (TPSA) is 58.6 Å². The van der Waals surface area contributed by atoms with Crippen LogP contribution < -0.4 is 10.1 Å². The summed E-state index contributed by atoms with van der Waals surface area (Å²) < 4.78 is 18.7. The van der Waals surface area contributed by atoms with Gasteiger partial charge in [-0.2, -0.15) is 0 Å². The molecule has 0 aliphatic carbocycles. The summed E-state index contributed by atoms with van der Waals surface area (Å²) in [5, 5.41) is 3.06. The highest BCUT2D eigenvalue weighted by molar-refractivity contribution is 6.36. The number of amides is 2. The van der Waals surface area contributed by atoms with Crippen LogP contribution in [0.3, 0.4) is 0 Å². The third-order valence-electron chi connectivity index (χ3n) is 4.18. The number of rotatable bonds is 7. The van der Waals surface area contributed by atoms with E-state index in [9.17, 15) is 14.0 Å². The summed E-state index contributed by atoms with van der Waals surface area (Å²) in [7, 11) is 0. The lowest BCUT2D eigenvalue weighted by Gasteiger charge is -2.14. The number of hydrogen-bond donors (Lipinski definition) is 1.